The van der Waals surface area contributed by atoms with Crippen molar-refractivity contribution in [3.63, 3.8) is 0 Å². The predicted molar refractivity (Wildman–Crippen MR) is 83.8 cm³/mol. The number of nitrogens with zero attached hydrogens (tertiary/aromatic N) is 4. The molecule has 5 rings (SSSR count). The molecule has 8 heteroatoms. The molecular formula is C15H13N5O2S. The van der Waals surface area contributed by atoms with Crippen molar-refractivity contribution in [2.24, 2.45) is 0 Å². The van der Waals surface area contributed by atoms with E-state index in [9.17, 15) is 0 Å². The van der Waals surface area contributed by atoms with E-state index in [0.29, 0.717) is 5.95 Å². The molecule has 2 atom stereocenters. The van der Waals surface area contributed by atoms with Crippen molar-refractivity contribution in [2.45, 2.75) is 18.5 Å². The SMILES string of the molecule is c1csc([C@@H]2C[C@@H](c3ccc4c(c3)OCO4)Nc3nnnn32)c1. The lowest BCUT2D eigenvalue weighted by molar-refractivity contribution is 0.174. The Balaban J connectivity index is 1.53. The van der Waals surface area contributed by atoms with Crippen LogP contribution < -0.4 is 14.8 Å². The maximum atomic E-state index is 5.49. The van der Waals surface area contributed by atoms with Crippen LogP contribution in [0, 0.1) is 0 Å². The van der Waals surface area contributed by atoms with Gasteiger partial charge in [-0.2, -0.15) is 0 Å². The predicted octanol–water partition coefficient (Wildman–Crippen LogP) is 2.61. The monoisotopic (exact) mass is 327 g/mol. The summed E-state index contributed by atoms with van der Waals surface area (Å²) in [5.74, 6) is 2.28. The molecule has 0 saturated heterocycles. The first-order valence-corrected chi connectivity index (χ1v) is 8.24. The fourth-order valence-electron chi connectivity index (χ4n) is 3.10. The number of anilines is 1. The minimum Gasteiger partial charge on any atom is -0.454 e. The lowest BCUT2D eigenvalue weighted by Crippen LogP contribution is -2.27. The van der Waals surface area contributed by atoms with Gasteiger partial charge < -0.3 is 14.8 Å². The van der Waals surface area contributed by atoms with E-state index in [2.05, 4.69) is 44.4 Å². The van der Waals surface area contributed by atoms with Crippen LogP contribution in [0.2, 0.25) is 0 Å². The molecule has 1 aromatic carbocycles. The van der Waals surface area contributed by atoms with Gasteiger partial charge >= 0.3 is 0 Å². The summed E-state index contributed by atoms with van der Waals surface area (Å²) >= 11 is 1.72. The van der Waals surface area contributed by atoms with E-state index in [1.54, 1.807) is 11.3 Å². The minimum atomic E-state index is 0.120. The number of ether oxygens (including phenoxy) is 2. The molecule has 0 aliphatic carbocycles. The lowest BCUT2D eigenvalue weighted by atomic mass is 9.96. The van der Waals surface area contributed by atoms with Gasteiger partial charge in [0, 0.05) is 4.88 Å². The van der Waals surface area contributed by atoms with Gasteiger partial charge in [-0.25, -0.2) is 4.68 Å². The molecule has 0 bridgehead atoms. The van der Waals surface area contributed by atoms with Crippen LogP contribution in [-0.4, -0.2) is 27.0 Å². The molecule has 23 heavy (non-hydrogen) atoms. The molecule has 4 heterocycles. The summed E-state index contributed by atoms with van der Waals surface area (Å²) in [5, 5.41) is 17.5. The van der Waals surface area contributed by atoms with Crippen LogP contribution in [0.1, 0.15) is 28.9 Å². The van der Waals surface area contributed by atoms with E-state index in [0.717, 1.165) is 23.5 Å². The molecular weight excluding hydrogens is 314 g/mol. The summed E-state index contributed by atoms with van der Waals surface area (Å²) in [4.78, 5) is 1.26. The number of tetrazole rings is 1. The van der Waals surface area contributed by atoms with Crippen molar-refractivity contribution in [3.05, 3.63) is 46.2 Å². The summed E-state index contributed by atoms with van der Waals surface area (Å²) in [6.45, 7) is 0.285. The topological polar surface area (TPSA) is 74.1 Å². The average Bonchev–Trinajstić information content (AvgIpc) is 3.32. The van der Waals surface area contributed by atoms with Crippen molar-refractivity contribution >= 4 is 17.3 Å². The maximum Gasteiger partial charge on any atom is 0.244 e. The fourth-order valence-corrected chi connectivity index (χ4v) is 3.93. The Morgan fingerprint density at radius 3 is 3.09 bits per heavy atom. The molecule has 7 nitrogen and oxygen atoms in total. The quantitative estimate of drug-likeness (QED) is 0.780. The highest BCUT2D eigenvalue weighted by Crippen LogP contribution is 2.41. The normalized spacial score (nSPS) is 21.7. The highest BCUT2D eigenvalue weighted by Gasteiger charge is 2.31. The van der Waals surface area contributed by atoms with Gasteiger partial charge in [0.1, 0.15) is 0 Å². The molecule has 3 aromatic rings. The van der Waals surface area contributed by atoms with E-state index in [1.165, 1.54) is 4.88 Å². The fraction of sp³-hybridized carbons (Fsp3) is 0.267. The van der Waals surface area contributed by atoms with Crippen LogP contribution in [-0.2, 0) is 0 Å². The van der Waals surface area contributed by atoms with Crippen LogP contribution in [0.25, 0.3) is 0 Å². The van der Waals surface area contributed by atoms with Gasteiger partial charge in [0.2, 0.25) is 12.7 Å². The van der Waals surface area contributed by atoms with Crippen molar-refractivity contribution < 1.29 is 9.47 Å². The summed E-state index contributed by atoms with van der Waals surface area (Å²) in [7, 11) is 0. The van der Waals surface area contributed by atoms with E-state index in [1.807, 2.05) is 16.8 Å². The second kappa shape index (κ2) is 4.95. The van der Waals surface area contributed by atoms with Crippen LogP contribution >= 0.6 is 11.3 Å². The first-order valence-electron chi connectivity index (χ1n) is 7.36. The van der Waals surface area contributed by atoms with Gasteiger partial charge in [-0.3, -0.25) is 0 Å². The van der Waals surface area contributed by atoms with Gasteiger partial charge in [-0.05, 0) is 46.0 Å². The Morgan fingerprint density at radius 2 is 2.17 bits per heavy atom. The number of aromatic nitrogens is 4. The van der Waals surface area contributed by atoms with Crippen LogP contribution in [0.4, 0.5) is 5.95 Å². The number of hydrogen-bond donors (Lipinski definition) is 1. The number of fused-ring (bicyclic) bond motifs is 2. The molecule has 0 spiro atoms. The Labute approximate surface area is 135 Å². The molecule has 0 radical (unpaired) electrons. The first kappa shape index (κ1) is 12.9. The Bertz CT molecular complexity index is 847. The second-order valence-electron chi connectivity index (χ2n) is 5.52. The van der Waals surface area contributed by atoms with Crippen molar-refractivity contribution in [2.75, 3.05) is 12.1 Å². The third kappa shape index (κ3) is 2.06. The third-order valence-corrected chi connectivity index (χ3v) is 5.19. The van der Waals surface area contributed by atoms with Gasteiger partial charge in [-0.1, -0.05) is 17.2 Å². The molecule has 116 valence electrons. The summed E-state index contributed by atoms with van der Waals surface area (Å²) < 4.78 is 12.7. The first-order chi connectivity index (χ1) is 11.4. The number of hydrogen-bond acceptors (Lipinski definition) is 7. The van der Waals surface area contributed by atoms with E-state index >= 15 is 0 Å². The molecule has 2 aliphatic heterocycles. The van der Waals surface area contributed by atoms with E-state index in [-0.39, 0.29) is 18.9 Å². The van der Waals surface area contributed by atoms with Gasteiger partial charge in [0.25, 0.3) is 0 Å². The zero-order valence-corrected chi connectivity index (χ0v) is 12.9. The smallest absolute Gasteiger partial charge is 0.244 e. The van der Waals surface area contributed by atoms with Crippen LogP contribution in [0.5, 0.6) is 11.5 Å². The van der Waals surface area contributed by atoms with Crippen molar-refractivity contribution in [1.29, 1.82) is 0 Å². The number of nitrogens with one attached hydrogen (secondary N) is 1. The Kier molecular flexibility index (Phi) is 2.77. The van der Waals surface area contributed by atoms with Crippen LogP contribution in [0.15, 0.2) is 35.7 Å². The Hall–Kier alpha value is -2.61. The molecule has 0 amide bonds. The largest absolute Gasteiger partial charge is 0.454 e. The number of rotatable bonds is 2. The molecule has 0 unspecified atom stereocenters. The van der Waals surface area contributed by atoms with Gasteiger partial charge in [0.05, 0.1) is 12.1 Å². The van der Waals surface area contributed by atoms with Crippen molar-refractivity contribution in [3.8, 4) is 11.5 Å². The average molecular weight is 327 g/mol. The summed E-state index contributed by atoms with van der Waals surface area (Å²) in [6.07, 6.45) is 0.873. The summed E-state index contributed by atoms with van der Waals surface area (Å²) in [5.41, 5.74) is 1.14. The second-order valence-corrected chi connectivity index (χ2v) is 6.50. The van der Waals surface area contributed by atoms with Crippen LogP contribution in [0.3, 0.4) is 0 Å². The number of benzene rings is 1. The van der Waals surface area contributed by atoms with Gasteiger partial charge in [-0.15, -0.1) is 11.3 Å². The number of thiophene rings is 1. The molecule has 0 saturated carbocycles. The van der Waals surface area contributed by atoms with E-state index < -0.39 is 0 Å². The maximum absolute atomic E-state index is 5.49. The van der Waals surface area contributed by atoms with Gasteiger partial charge in [0.15, 0.2) is 11.5 Å². The lowest BCUT2D eigenvalue weighted by Gasteiger charge is -2.30. The highest BCUT2D eigenvalue weighted by molar-refractivity contribution is 7.10. The van der Waals surface area contributed by atoms with Crippen molar-refractivity contribution in [1.82, 2.24) is 20.2 Å². The molecule has 2 aliphatic rings. The zero-order valence-electron chi connectivity index (χ0n) is 12.0. The Morgan fingerprint density at radius 1 is 1.22 bits per heavy atom. The third-order valence-electron chi connectivity index (χ3n) is 4.22. The zero-order chi connectivity index (χ0) is 15.2. The summed E-state index contributed by atoms with van der Waals surface area (Å²) in [6, 6.07) is 10.5. The molecule has 0 fully saturated rings. The molecule has 2 aromatic heterocycles. The highest BCUT2D eigenvalue weighted by atomic mass is 32.1. The minimum absolute atomic E-state index is 0.120. The molecule has 1 N–H and O–H groups in total. The standard InChI is InChI=1S/C15H13N5O2S/c1-2-14(23-5-1)11-7-10(16-15-17-18-19-20(11)15)9-3-4-12-13(6-9)22-8-21-12/h1-6,10-11H,7-8H2,(H,16,17,19)/t10-,11-/m0/s1. The van der Waals surface area contributed by atoms with E-state index in [4.69, 9.17) is 9.47 Å².